The van der Waals surface area contributed by atoms with Crippen LogP contribution in [0.25, 0.3) is 11.0 Å². The third kappa shape index (κ3) is 18.4. The van der Waals surface area contributed by atoms with E-state index in [-0.39, 0.29) is 40.1 Å². The molecule has 3 radical (unpaired) electrons. The molecule has 0 aliphatic rings. The zero-order valence-corrected chi connectivity index (χ0v) is 21.3. The predicted molar refractivity (Wildman–Crippen MR) is 126 cm³/mol. The monoisotopic (exact) mass is 456 g/mol. The number of nitrogens with zero attached hydrogens (tertiary/aromatic N) is 1. The van der Waals surface area contributed by atoms with Crippen molar-refractivity contribution in [2.24, 2.45) is 0 Å². The van der Waals surface area contributed by atoms with Crippen molar-refractivity contribution in [3.63, 3.8) is 0 Å². The number of imidazole rings is 1. The van der Waals surface area contributed by atoms with Crippen molar-refractivity contribution >= 4 is 18.9 Å². The summed E-state index contributed by atoms with van der Waals surface area (Å²) in [7, 11) is 5.11. The molecular formula is C24H40BN2Y-. The van der Waals surface area contributed by atoms with Gasteiger partial charge in [0.2, 0.25) is 0 Å². The summed E-state index contributed by atoms with van der Waals surface area (Å²) in [6.45, 7) is 16.2. The van der Waals surface area contributed by atoms with Crippen LogP contribution < -0.4 is 0 Å². The van der Waals surface area contributed by atoms with Gasteiger partial charge in [-0.15, -0.1) is 0 Å². The molecule has 3 aromatic rings. The second-order valence-electron chi connectivity index (χ2n) is 5.62. The van der Waals surface area contributed by atoms with Crippen molar-refractivity contribution in [1.82, 2.24) is 9.97 Å². The number of fused-ring (bicyclic) bond motifs is 1. The molecule has 0 spiro atoms. The van der Waals surface area contributed by atoms with Gasteiger partial charge in [-0.2, -0.15) is 36.4 Å². The number of rotatable bonds is 1. The van der Waals surface area contributed by atoms with Crippen molar-refractivity contribution in [3.05, 3.63) is 66.5 Å². The molecule has 28 heavy (non-hydrogen) atoms. The summed E-state index contributed by atoms with van der Waals surface area (Å²) in [4.78, 5) is 7.74. The SMILES string of the molecule is C.CC.CC.CC(C)c1nc2ccccc2[nH]1.[B]C(C)C.[Y].[c-]1ccccc1. The average molecular weight is 456 g/mol. The number of para-hydroxylation sites is 2. The maximum absolute atomic E-state index is 5.11. The first-order chi connectivity index (χ1) is 12.5. The van der Waals surface area contributed by atoms with Gasteiger partial charge >= 0.3 is 0 Å². The Bertz CT molecular complexity index is 575. The zero-order chi connectivity index (χ0) is 20.4. The molecule has 0 atom stereocenters. The van der Waals surface area contributed by atoms with Gasteiger partial charge in [0.25, 0.3) is 0 Å². The Morgan fingerprint density at radius 2 is 1.32 bits per heavy atom. The predicted octanol–water partition coefficient (Wildman–Crippen LogP) is 7.84. The fourth-order valence-corrected chi connectivity index (χ4v) is 1.59. The summed E-state index contributed by atoms with van der Waals surface area (Å²) in [6.07, 6.45) is 0. The number of aromatic nitrogens is 2. The van der Waals surface area contributed by atoms with Gasteiger partial charge in [0.15, 0.2) is 0 Å². The molecule has 2 aromatic carbocycles. The topological polar surface area (TPSA) is 28.7 Å². The number of benzene rings is 2. The van der Waals surface area contributed by atoms with Crippen LogP contribution in [0.1, 0.15) is 74.6 Å². The Morgan fingerprint density at radius 1 is 0.857 bits per heavy atom. The van der Waals surface area contributed by atoms with Crippen molar-refractivity contribution in [2.75, 3.05) is 0 Å². The molecule has 0 saturated carbocycles. The molecule has 2 nitrogen and oxygen atoms in total. The molecule has 0 saturated heterocycles. The van der Waals surface area contributed by atoms with Gasteiger partial charge in [-0.1, -0.05) is 80.8 Å². The van der Waals surface area contributed by atoms with Crippen molar-refractivity contribution in [1.29, 1.82) is 0 Å². The van der Waals surface area contributed by atoms with E-state index < -0.39 is 0 Å². The first kappa shape index (κ1) is 34.6. The maximum Gasteiger partial charge on any atom is 0.109 e. The van der Waals surface area contributed by atoms with Crippen molar-refractivity contribution < 1.29 is 32.7 Å². The quantitative estimate of drug-likeness (QED) is 0.293. The van der Waals surface area contributed by atoms with Crippen LogP contribution in [0.5, 0.6) is 0 Å². The Morgan fingerprint density at radius 3 is 1.64 bits per heavy atom. The zero-order valence-electron chi connectivity index (χ0n) is 18.5. The fourth-order valence-electron chi connectivity index (χ4n) is 1.59. The van der Waals surface area contributed by atoms with Gasteiger partial charge in [-0.3, -0.25) is 0 Å². The van der Waals surface area contributed by atoms with Crippen molar-refractivity contribution in [3.8, 4) is 0 Å². The van der Waals surface area contributed by atoms with Gasteiger partial charge in [0, 0.05) is 38.6 Å². The van der Waals surface area contributed by atoms with Crippen LogP contribution in [0.4, 0.5) is 0 Å². The van der Waals surface area contributed by atoms with Gasteiger partial charge in [0.1, 0.15) is 5.82 Å². The Hall–Kier alpha value is -0.921. The van der Waals surface area contributed by atoms with Crippen LogP contribution in [-0.2, 0) is 32.7 Å². The molecule has 0 bridgehead atoms. The molecule has 0 amide bonds. The minimum atomic E-state index is 0. The molecular weight excluding hydrogens is 416 g/mol. The Kier molecular flexibility index (Phi) is 29.8. The minimum absolute atomic E-state index is 0. The van der Waals surface area contributed by atoms with E-state index in [9.17, 15) is 0 Å². The molecule has 1 aromatic heterocycles. The van der Waals surface area contributed by atoms with Crippen LogP contribution in [-0.4, -0.2) is 17.8 Å². The number of H-pyrrole nitrogens is 1. The number of hydrogen-bond acceptors (Lipinski definition) is 1. The third-order valence-corrected chi connectivity index (χ3v) is 2.56. The summed E-state index contributed by atoms with van der Waals surface area (Å²) < 4.78 is 0. The summed E-state index contributed by atoms with van der Waals surface area (Å²) in [6, 6.07) is 20.6. The molecule has 0 fully saturated rings. The fraction of sp³-hybridized carbons (Fsp3) is 0.458. The van der Waals surface area contributed by atoms with E-state index in [1.165, 1.54) is 0 Å². The summed E-state index contributed by atoms with van der Waals surface area (Å²) in [5, 5.41) is 0. The molecule has 0 unspecified atom stereocenters. The largest absolute Gasteiger partial charge is 0.342 e. The van der Waals surface area contributed by atoms with Gasteiger partial charge in [-0.05, 0) is 12.1 Å². The van der Waals surface area contributed by atoms with E-state index in [2.05, 4.69) is 29.9 Å². The minimum Gasteiger partial charge on any atom is -0.342 e. The first-order valence-corrected chi connectivity index (χ1v) is 9.62. The van der Waals surface area contributed by atoms with Crippen LogP contribution >= 0.6 is 0 Å². The average Bonchev–Trinajstić information content (AvgIpc) is 3.11. The van der Waals surface area contributed by atoms with Crippen LogP contribution in [0, 0.1) is 6.07 Å². The molecule has 3 rings (SSSR count). The van der Waals surface area contributed by atoms with E-state index in [1.807, 2.05) is 96.1 Å². The maximum atomic E-state index is 5.11. The summed E-state index contributed by atoms with van der Waals surface area (Å²) >= 11 is 0. The molecule has 1 heterocycles. The van der Waals surface area contributed by atoms with Gasteiger partial charge < -0.3 is 4.98 Å². The summed E-state index contributed by atoms with van der Waals surface area (Å²) in [5.74, 6) is 1.87. The number of nitrogens with one attached hydrogen (secondary N) is 1. The number of aromatic amines is 1. The van der Waals surface area contributed by atoms with E-state index in [4.69, 9.17) is 7.85 Å². The molecule has 153 valence electrons. The third-order valence-electron chi connectivity index (χ3n) is 2.56. The van der Waals surface area contributed by atoms with E-state index in [0.717, 1.165) is 16.9 Å². The van der Waals surface area contributed by atoms with Gasteiger partial charge in [0.05, 0.1) is 18.9 Å². The molecule has 1 N–H and O–H groups in total. The first-order valence-electron chi connectivity index (χ1n) is 9.62. The van der Waals surface area contributed by atoms with Crippen LogP contribution in [0.15, 0.2) is 54.6 Å². The molecule has 0 aliphatic carbocycles. The van der Waals surface area contributed by atoms with E-state index >= 15 is 0 Å². The van der Waals surface area contributed by atoms with E-state index in [0.29, 0.717) is 11.7 Å². The van der Waals surface area contributed by atoms with E-state index in [1.54, 1.807) is 0 Å². The second-order valence-corrected chi connectivity index (χ2v) is 5.62. The standard InChI is InChI=1S/C10H12N2.C6H5.C3H7B.2C2H6.CH4.Y/c1-7(2)10-11-8-5-3-4-6-9(8)12-10;1-2-4-6-5-3-1;1-3(2)4;2*1-2;;/h3-7H,1-2H3,(H,11,12);1-5H;3H,1-2H3;2*1-2H3;1H4;/q;-1;;;;;. The smallest absolute Gasteiger partial charge is 0.109 e. The Balaban J connectivity index is -0.000000154. The molecule has 4 heteroatoms. The van der Waals surface area contributed by atoms with Crippen LogP contribution in [0.2, 0.25) is 5.82 Å². The second kappa shape index (κ2) is 24.1. The summed E-state index contributed by atoms with van der Waals surface area (Å²) in [5.41, 5.74) is 2.18. The van der Waals surface area contributed by atoms with Crippen LogP contribution in [0.3, 0.4) is 0 Å². The normalized spacial score (nSPS) is 8.21. The molecule has 0 aliphatic heterocycles. The van der Waals surface area contributed by atoms with Crippen molar-refractivity contribution in [2.45, 2.75) is 74.6 Å². The van der Waals surface area contributed by atoms with Gasteiger partial charge in [-0.25, -0.2) is 4.98 Å². The number of hydrogen-bond donors (Lipinski definition) is 1. The Labute approximate surface area is 201 Å².